The number of aliphatic imine (C=N–C) groups is 1. The van der Waals surface area contributed by atoms with Crippen LogP contribution in [0.25, 0.3) is 0 Å². The van der Waals surface area contributed by atoms with Crippen molar-refractivity contribution in [2.24, 2.45) is 4.99 Å². The highest BCUT2D eigenvalue weighted by molar-refractivity contribution is 14.0. The quantitative estimate of drug-likeness (QED) is 0.405. The highest BCUT2D eigenvalue weighted by atomic mass is 127. The predicted molar refractivity (Wildman–Crippen MR) is 120 cm³/mol. The van der Waals surface area contributed by atoms with Gasteiger partial charge in [-0.2, -0.15) is 0 Å². The molecule has 3 heterocycles. The standard InChI is InChI=1S/C17H25N5S2.HI/c1-13-15(24-14(2)20-13)6-7-19-17(18-3)22-10-8-21(9-11-22)16-5-4-12-23-16;/h4-5,12H,6-11H2,1-3H3,(H,18,19);1H. The molecule has 0 bridgehead atoms. The number of halogens is 1. The largest absolute Gasteiger partial charge is 0.360 e. The van der Waals surface area contributed by atoms with Gasteiger partial charge in [0.1, 0.15) is 0 Å². The van der Waals surface area contributed by atoms with Crippen LogP contribution in [-0.4, -0.2) is 55.6 Å². The molecule has 5 nitrogen and oxygen atoms in total. The highest BCUT2D eigenvalue weighted by Crippen LogP contribution is 2.22. The van der Waals surface area contributed by atoms with Gasteiger partial charge in [-0.15, -0.1) is 46.7 Å². The molecule has 8 heteroatoms. The maximum atomic E-state index is 4.50. The Morgan fingerprint density at radius 2 is 2.04 bits per heavy atom. The first-order valence-electron chi connectivity index (χ1n) is 8.34. The number of rotatable bonds is 4. The lowest BCUT2D eigenvalue weighted by Crippen LogP contribution is -2.52. The van der Waals surface area contributed by atoms with Crippen LogP contribution in [0.3, 0.4) is 0 Å². The number of guanidine groups is 1. The van der Waals surface area contributed by atoms with Crippen molar-refractivity contribution in [1.29, 1.82) is 0 Å². The Labute approximate surface area is 175 Å². The highest BCUT2D eigenvalue weighted by Gasteiger charge is 2.20. The fraction of sp³-hybridized carbons (Fsp3) is 0.529. The van der Waals surface area contributed by atoms with Crippen molar-refractivity contribution < 1.29 is 0 Å². The second-order valence-electron chi connectivity index (χ2n) is 5.89. The fourth-order valence-electron chi connectivity index (χ4n) is 3.01. The van der Waals surface area contributed by atoms with E-state index in [0.717, 1.165) is 50.1 Å². The zero-order valence-corrected chi connectivity index (χ0v) is 19.0. The summed E-state index contributed by atoms with van der Waals surface area (Å²) in [5, 5.41) is 8.18. The maximum Gasteiger partial charge on any atom is 0.193 e. The first-order chi connectivity index (χ1) is 11.7. The van der Waals surface area contributed by atoms with E-state index in [1.807, 2.05) is 18.4 Å². The summed E-state index contributed by atoms with van der Waals surface area (Å²) in [5.74, 6) is 1.01. The second-order valence-corrected chi connectivity index (χ2v) is 8.10. The summed E-state index contributed by atoms with van der Waals surface area (Å²) in [6.07, 6.45) is 1.01. The van der Waals surface area contributed by atoms with Crippen molar-refractivity contribution >= 4 is 57.6 Å². The van der Waals surface area contributed by atoms with Crippen LogP contribution in [0.1, 0.15) is 15.6 Å². The minimum Gasteiger partial charge on any atom is -0.360 e. The monoisotopic (exact) mass is 491 g/mol. The van der Waals surface area contributed by atoms with E-state index < -0.39 is 0 Å². The number of hydrogen-bond donors (Lipinski definition) is 1. The summed E-state index contributed by atoms with van der Waals surface area (Å²) in [4.78, 5) is 15.1. The average molecular weight is 491 g/mol. The van der Waals surface area contributed by atoms with Crippen LogP contribution in [0.5, 0.6) is 0 Å². The van der Waals surface area contributed by atoms with Gasteiger partial charge in [0.25, 0.3) is 0 Å². The van der Waals surface area contributed by atoms with Crippen molar-refractivity contribution in [2.45, 2.75) is 20.3 Å². The van der Waals surface area contributed by atoms with E-state index in [1.165, 1.54) is 15.6 Å². The van der Waals surface area contributed by atoms with Crippen LogP contribution < -0.4 is 10.2 Å². The third-order valence-corrected chi connectivity index (χ3v) is 6.31. The topological polar surface area (TPSA) is 43.8 Å². The molecule has 0 aliphatic carbocycles. The minimum atomic E-state index is 0. The predicted octanol–water partition coefficient (Wildman–Crippen LogP) is 3.38. The van der Waals surface area contributed by atoms with Gasteiger partial charge in [-0.25, -0.2) is 4.98 Å². The third kappa shape index (κ3) is 5.30. The molecule has 0 aromatic carbocycles. The van der Waals surface area contributed by atoms with Crippen molar-refractivity contribution in [3.05, 3.63) is 33.1 Å². The zero-order chi connectivity index (χ0) is 16.9. The SMILES string of the molecule is CN=C(NCCc1sc(C)nc1C)N1CCN(c2cccs2)CC1.I. The molecule has 3 rings (SSSR count). The lowest BCUT2D eigenvalue weighted by atomic mass is 10.3. The summed E-state index contributed by atoms with van der Waals surface area (Å²) in [6.45, 7) is 9.19. The van der Waals surface area contributed by atoms with E-state index in [9.17, 15) is 0 Å². The van der Waals surface area contributed by atoms with Crippen molar-refractivity contribution in [2.75, 3.05) is 44.7 Å². The van der Waals surface area contributed by atoms with Crippen LogP contribution in [0.15, 0.2) is 22.5 Å². The van der Waals surface area contributed by atoms with Crippen LogP contribution in [0.4, 0.5) is 5.00 Å². The van der Waals surface area contributed by atoms with Crippen molar-refractivity contribution in [1.82, 2.24) is 15.2 Å². The molecule has 1 fully saturated rings. The molecular formula is C17H26IN5S2. The Balaban J connectivity index is 0.00000225. The lowest BCUT2D eigenvalue weighted by Gasteiger charge is -2.37. The molecule has 1 aliphatic heterocycles. The Bertz CT molecular complexity index is 675. The minimum absolute atomic E-state index is 0. The number of aryl methyl sites for hydroxylation is 2. The molecule has 0 atom stereocenters. The number of thiazole rings is 1. The molecule has 0 unspecified atom stereocenters. The van der Waals surface area contributed by atoms with Gasteiger partial charge in [-0.3, -0.25) is 4.99 Å². The van der Waals surface area contributed by atoms with Crippen molar-refractivity contribution in [3.8, 4) is 0 Å². The summed E-state index contributed by atoms with van der Waals surface area (Å²) in [6, 6.07) is 4.32. The molecule has 0 spiro atoms. The average Bonchev–Trinajstić information content (AvgIpc) is 3.22. The number of piperazine rings is 1. The van der Waals surface area contributed by atoms with Crippen LogP contribution in [0, 0.1) is 13.8 Å². The van der Waals surface area contributed by atoms with Crippen molar-refractivity contribution in [3.63, 3.8) is 0 Å². The summed E-state index contributed by atoms with van der Waals surface area (Å²) in [5.41, 5.74) is 1.17. The van der Waals surface area contributed by atoms with Crippen LogP contribution in [0.2, 0.25) is 0 Å². The van der Waals surface area contributed by atoms with Gasteiger partial charge in [0.15, 0.2) is 5.96 Å². The normalized spacial score (nSPS) is 15.2. The molecule has 2 aromatic rings. The molecular weight excluding hydrogens is 465 g/mol. The van der Waals surface area contributed by atoms with Crippen LogP contribution >= 0.6 is 46.7 Å². The lowest BCUT2D eigenvalue weighted by molar-refractivity contribution is 0.374. The number of anilines is 1. The van der Waals surface area contributed by atoms with E-state index in [4.69, 9.17) is 0 Å². The molecule has 0 saturated carbocycles. The molecule has 2 aromatic heterocycles. The fourth-order valence-corrected chi connectivity index (χ4v) is 4.74. The van der Waals surface area contributed by atoms with E-state index in [-0.39, 0.29) is 24.0 Å². The number of hydrogen-bond acceptors (Lipinski definition) is 5. The van der Waals surface area contributed by atoms with Gasteiger partial charge in [-0.1, -0.05) is 0 Å². The summed E-state index contributed by atoms with van der Waals surface area (Å²) >= 11 is 3.61. The second kappa shape index (κ2) is 9.72. The number of aromatic nitrogens is 1. The smallest absolute Gasteiger partial charge is 0.193 e. The van der Waals surface area contributed by atoms with E-state index in [2.05, 4.69) is 56.5 Å². The number of nitrogens with zero attached hydrogens (tertiary/aromatic N) is 4. The summed E-state index contributed by atoms with van der Waals surface area (Å²) in [7, 11) is 1.87. The van der Waals surface area contributed by atoms with E-state index in [0.29, 0.717) is 0 Å². The number of nitrogens with one attached hydrogen (secondary N) is 1. The van der Waals surface area contributed by atoms with Gasteiger partial charge < -0.3 is 15.1 Å². The van der Waals surface area contributed by atoms with Gasteiger partial charge in [0, 0.05) is 51.1 Å². The summed E-state index contributed by atoms with van der Waals surface area (Å²) < 4.78 is 0. The Kier molecular flexibility index (Phi) is 7.95. The van der Waals surface area contributed by atoms with Gasteiger partial charge in [-0.05, 0) is 31.4 Å². The van der Waals surface area contributed by atoms with E-state index in [1.54, 1.807) is 11.3 Å². The molecule has 25 heavy (non-hydrogen) atoms. The molecule has 1 aliphatic rings. The molecule has 1 saturated heterocycles. The third-order valence-electron chi connectivity index (χ3n) is 4.24. The molecule has 0 amide bonds. The first kappa shape index (κ1) is 20.4. The Hall–Kier alpha value is -0.870. The van der Waals surface area contributed by atoms with Crippen LogP contribution in [-0.2, 0) is 6.42 Å². The first-order valence-corrected chi connectivity index (χ1v) is 10.0. The van der Waals surface area contributed by atoms with Gasteiger partial charge >= 0.3 is 0 Å². The Morgan fingerprint density at radius 1 is 1.28 bits per heavy atom. The van der Waals surface area contributed by atoms with E-state index >= 15 is 0 Å². The maximum absolute atomic E-state index is 4.50. The number of thiophene rings is 1. The molecule has 1 N–H and O–H groups in total. The molecule has 0 radical (unpaired) electrons. The molecule has 138 valence electrons. The van der Waals surface area contributed by atoms with Gasteiger partial charge in [0.2, 0.25) is 0 Å². The zero-order valence-electron chi connectivity index (χ0n) is 15.0. The Morgan fingerprint density at radius 3 is 2.60 bits per heavy atom. The van der Waals surface area contributed by atoms with Gasteiger partial charge in [0.05, 0.1) is 15.7 Å².